The van der Waals surface area contributed by atoms with Crippen molar-refractivity contribution < 1.29 is 28.5 Å². The molecular formula is C27H24O6. The first-order chi connectivity index (χ1) is 16.3. The fourth-order valence-corrected chi connectivity index (χ4v) is 3.80. The van der Waals surface area contributed by atoms with Gasteiger partial charge in [0.1, 0.15) is 19.3 Å². The van der Waals surface area contributed by atoms with E-state index in [1.165, 1.54) is 0 Å². The van der Waals surface area contributed by atoms with E-state index in [1.54, 1.807) is 0 Å². The normalized spacial score (nSPS) is 22.3. The summed E-state index contributed by atoms with van der Waals surface area (Å²) in [5, 5.41) is 0. The zero-order chi connectivity index (χ0) is 22.5. The maximum Gasteiger partial charge on any atom is 0.378 e. The monoisotopic (exact) mass is 444 g/mol. The van der Waals surface area contributed by atoms with E-state index in [-0.39, 0.29) is 25.6 Å². The Labute approximate surface area is 192 Å². The molecule has 6 heteroatoms. The molecule has 6 nitrogen and oxygen atoms in total. The van der Waals surface area contributed by atoms with Gasteiger partial charge in [0, 0.05) is 5.56 Å². The molecule has 0 N–H and O–H groups in total. The third-order valence-corrected chi connectivity index (χ3v) is 5.48. The van der Waals surface area contributed by atoms with Gasteiger partial charge in [-0.1, -0.05) is 91.0 Å². The summed E-state index contributed by atoms with van der Waals surface area (Å²) < 4.78 is 29.6. The summed E-state index contributed by atoms with van der Waals surface area (Å²) in [6, 6.07) is 29.0. The summed E-state index contributed by atoms with van der Waals surface area (Å²) in [6.45, 7) is 0.768. The molecule has 168 valence electrons. The van der Waals surface area contributed by atoms with Crippen LogP contribution in [0, 0.1) is 0 Å². The quantitative estimate of drug-likeness (QED) is 0.471. The van der Waals surface area contributed by atoms with Gasteiger partial charge in [-0.3, -0.25) is 0 Å². The number of cyclic esters (lactones) is 1. The number of benzene rings is 3. The highest BCUT2D eigenvalue weighted by molar-refractivity contribution is 5.89. The summed E-state index contributed by atoms with van der Waals surface area (Å²) in [5.41, 5.74) is 2.81. The predicted octanol–water partition coefficient (Wildman–Crippen LogP) is 4.67. The zero-order valence-electron chi connectivity index (χ0n) is 18.0. The Bertz CT molecular complexity index is 1100. The van der Waals surface area contributed by atoms with E-state index >= 15 is 0 Å². The molecule has 0 spiro atoms. The van der Waals surface area contributed by atoms with Gasteiger partial charge in [0.05, 0.1) is 6.61 Å². The molecule has 0 saturated carbocycles. The van der Waals surface area contributed by atoms with Crippen LogP contribution in [-0.4, -0.2) is 24.8 Å². The Morgan fingerprint density at radius 3 is 1.97 bits per heavy atom. The standard InChI is InChI=1S/C27H24O6/c28-26-25(30-17-20-12-6-2-7-13-20)24(29-16-19-10-4-1-5-11-19)23(33-26)22-18-31-27(32-22)21-14-8-3-9-15-21/h1-15,22-23,27H,16-18H2/t22-,23+,27-/m0/s1. The molecule has 3 aromatic carbocycles. The van der Waals surface area contributed by atoms with Crippen LogP contribution in [0.2, 0.25) is 0 Å². The van der Waals surface area contributed by atoms with Crippen molar-refractivity contribution in [3.63, 3.8) is 0 Å². The topological polar surface area (TPSA) is 63.2 Å². The van der Waals surface area contributed by atoms with Crippen molar-refractivity contribution in [3.05, 3.63) is 119 Å². The number of esters is 1. The van der Waals surface area contributed by atoms with Gasteiger partial charge in [0.25, 0.3) is 0 Å². The van der Waals surface area contributed by atoms with Gasteiger partial charge < -0.3 is 23.7 Å². The lowest BCUT2D eigenvalue weighted by atomic mass is 10.1. The molecule has 3 atom stereocenters. The molecular weight excluding hydrogens is 420 g/mol. The number of rotatable bonds is 8. The van der Waals surface area contributed by atoms with Crippen molar-refractivity contribution in [2.75, 3.05) is 6.61 Å². The molecule has 0 amide bonds. The number of hydrogen-bond acceptors (Lipinski definition) is 6. The Morgan fingerprint density at radius 2 is 1.33 bits per heavy atom. The lowest BCUT2D eigenvalue weighted by molar-refractivity contribution is -0.150. The summed E-state index contributed by atoms with van der Waals surface area (Å²) in [6.07, 6.45) is -1.79. The van der Waals surface area contributed by atoms with E-state index in [2.05, 4.69) is 0 Å². The van der Waals surface area contributed by atoms with Gasteiger partial charge in [0.2, 0.25) is 5.76 Å². The first-order valence-corrected chi connectivity index (χ1v) is 10.9. The number of hydrogen-bond donors (Lipinski definition) is 0. The largest absolute Gasteiger partial charge is 0.485 e. The first kappa shape index (κ1) is 21.2. The molecule has 2 aliphatic rings. The van der Waals surface area contributed by atoms with Crippen LogP contribution in [0.5, 0.6) is 0 Å². The van der Waals surface area contributed by atoms with Crippen molar-refractivity contribution in [1.29, 1.82) is 0 Å². The Kier molecular flexibility index (Phi) is 6.37. The molecule has 0 aromatic heterocycles. The lowest BCUT2D eigenvalue weighted by Crippen LogP contribution is -2.31. The smallest absolute Gasteiger partial charge is 0.378 e. The second-order valence-corrected chi connectivity index (χ2v) is 7.82. The van der Waals surface area contributed by atoms with Crippen LogP contribution in [0.1, 0.15) is 23.0 Å². The summed E-state index contributed by atoms with van der Waals surface area (Å²) >= 11 is 0. The van der Waals surface area contributed by atoms with Crippen molar-refractivity contribution in [2.45, 2.75) is 31.7 Å². The fraction of sp³-hybridized carbons (Fsp3) is 0.222. The fourth-order valence-electron chi connectivity index (χ4n) is 3.80. The molecule has 5 rings (SSSR count). The van der Waals surface area contributed by atoms with Crippen LogP contribution >= 0.6 is 0 Å². The maximum absolute atomic E-state index is 12.8. The van der Waals surface area contributed by atoms with Gasteiger partial charge in [-0.05, 0) is 11.1 Å². The third-order valence-electron chi connectivity index (χ3n) is 5.48. The molecule has 33 heavy (non-hydrogen) atoms. The van der Waals surface area contributed by atoms with Crippen LogP contribution in [0.25, 0.3) is 0 Å². The van der Waals surface area contributed by atoms with Crippen LogP contribution in [0.4, 0.5) is 0 Å². The Morgan fingerprint density at radius 1 is 0.758 bits per heavy atom. The number of carbonyl (C=O) groups excluding carboxylic acids is 1. The number of ether oxygens (including phenoxy) is 5. The SMILES string of the molecule is O=C1O[C@H]([C@@H]2CO[C@H](c3ccccc3)O2)C(OCc2ccccc2)=C1OCc1ccccc1. The zero-order valence-corrected chi connectivity index (χ0v) is 18.0. The number of carbonyl (C=O) groups is 1. The minimum atomic E-state index is -0.749. The third kappa shape index (κ3) is 4.92. The van der Waals surface area contributed by atoms with E-state index in [1.807, 2.05) is 91.0 Å². The van der Waals surface area contributed by atoms with Gasteiger partial charge >= 0.3 is 5.97 Å². The molecule has 1 fully saturated rings. The van der Waals surface area contributed by atoms with Gasteiger partial charge in [-0.25, -0.2) is 4.79 Å². The second-order valence-electron chi connectivity index (χ2n) is 7.82. The first-order valence-electron chi connectivity index (χ1n) is 10.9. The van der Waals surface area contributed by atoms with Crippen molar-refractivity contribution in [2.24, 2.45) is 0 Å². The van der Waals surface area contributed by atoms with Crippen molar-refractivity contribution in [3.8, 4) is 0 Å². The van der Waals surface area contributed by atoms with Crippen LogP contribution in [-0.2, 0) is 41.7 Å². The van der Waals surface area contributed by atoms with E-state index < -0.39 is 24.5 Å². The average molecular weight is 444 g/mol. The molecule has 0 bridgehead atoms. The highest BCUT2D eigenvalue weighted by Gasteiger charge is 2.46. The van der Waals surface area contributed by atoms with Gasteiger partial charge in [-0.15, -0.1) is 0 Å². The van der Waals surface area contributed by atoms with E-state index in [4.69, 9.17) is 23.7 Å². The highest BCUT2D eigenvalue weighted by Crippen LogP contribution is 2.36. The van der Waals surface area contributed by atoms with E-state index in [9.17, 15) is 4.79 Å². The molecule has 0 radical (unpaired) electrons. The molecule has 2 aliphatic heterocycles. The average Bonchev–Trinajstić information content (AvgIpc) is 3.48. The summed E-state index contributed by atoms with van der Waals surface area (Å²) in [4.78, 5) is 12.8. The molecule has 2 heterocycles. The molecule has 0 unspecified atom stereocenters. The lowest BCUT2D eigenvalue weighted by Gasteiger charge is -2.20. The van der Waals surface area contributed by atoms with Crippen LogP contribution in [0.15, 0.2) is 103 Å². The maximum atomic E-state index is 12.8. The van der Waals surface area contributed by atoms with Crippen LogP contribution in [0.3, 0.4) is 0 Å². The van der Waals surface area contributed by atoms with E-state index in [0.717, 1.165) is 16.7 Å². The minimum Gasteiger partial charge on any atom is -0.485 e. The molecule has 3 aromatic rings. The van der Waals surface area contributed by atoms with Gasteiger partial charge in [0.15, 0.2) is 18.2 Å². The highest BCUT2D eigenvalue weighted by atomic mass is 16.7. The van der Waals surface area contributed by atoms with Gasteiger partial charge in [-0.2, -0.15) is 0 Å². The predicted molar refractivity (Wildman–Crippen MR) is 119 cm³/mol. The molecule has 0 aliphatic carbocycles. The minimum absolute atomic E-state index is 0.0755. The van der Waals surface area contributed by atoms with Crippen molar-refractivity contribution >= 4 is 5.97 Å². The Balaban J connectivity index is 1.36. The van der Waals surface area contributed by atoms with E-state index in [0.29, 0.717) is 5.76 Å². The van der Waals surface area contributed by atoms with Crippen LogP contribution < -0.4 is 0 Å². The summed E-state index contributed by atoms with van der Waals surface area (Å²) in [5.74, 6) is -0.153. The Hall–Kier alpha value is -3.61. The second kappa shape index (κ2) is 9.90. The van der Waals surface area contributed by atoms with Crippen molar-refractivity contribution in [1.82, 2.24) is 0 Å². The molecule has 1 saturated heterocycles. The summed E-state index contributed by atoms with van der Waals surface area (Å²) in [7, 11) is 0.